The number of hydrogen-bond donors (Lipinski definition) is 0. The maximum Gasteiger partial charge on any atom is 0.216 e. The second-order valence-corrected chi connectivity index (χ2v) is 3.53. The Kier molecular flexibility index (Phi) is 4.20. The van der Waals surface area contributed by atoms with E-state index < -0.39 is 0 Å². The lowest BCUT2D eigenvalue weighted by Crippen LogP contribution is -2.21. The summed E-state index contributed by atoms with van der Waals surface area (Å²) in [5.74, 6) is 0. The molecule has 1 aliphatic heterocycles. The molecule has 0 unspecified atom stereocenters. The van der Waals surface area contributed by atoms with Crippen molar-refractivity contribution in [3.63, 3.8) is 0 Å². The van der Waals surface area contributed by atoms with Gasteiger partial charge in [0.1, 0.15) is 0 Å². The van der Waals surface area contributed by atoms with Crippen molar-refractivity contribution < 1.29 is 9.47 Å². The Labute approximate surface area is 79.8 Å². The van der Waals surface area contributed by atoms with Crippen LogP contribution in [0.5, 0.6) is 0 Å². The van der Waals surface area contributed by atoms with Crippen LogP contribution in [0.3, 0.4) is 0 Å². The van der Waals surface area contributed by atoms with E-state index in [-0.39, 0.29) is 12.2 Å². The molecule has 74 valence electrons. The summed E-state index contributed by atoms with van der Waals surface area (Å²) in [6.07, 6.45) is 2.59. The Morgan fingerprint density at radius 3 is 2.85 bits per heavy atom. The number of ether oxygens (including phenoxy) is 2. The first-order valence-electron chi connectivity index (χ1n) is 4.84. The topological polar surface area (TPSA) is 22.8 Å². The van der Waals surface area contributed by atoms with Crippen LogP contribution in [-0.2, 0) is 9.47 Å². The van der Waals surface area contributed by atoms with Crippen molar-refractivity contribution in [3.8, 4) is 0 Å². The molecular weight excluding hydrogens is 166 g/mol. The van der Waals surface area contributed by atoms with Gasteiger partial charge in [0.15, 0.2) is 0 Å². The van der Waals surface area contributed by atoms with Gasteiger partial charge in [-0.1, -0.05) is 0 Å². The van der Waals surface area contributed by atoms with Gasteiger partial charge in [-0.15, -0.1) is 0 Å². The van der Waals surface area contributed by atoms with E-state index in [1.807, 2.05) is 6.92 Å². The molecule has 3 atom stereocenters. The molecule has 0 aromatic carbocycles. The Morgan fingerprint density at radius 2 is 2.31 bits per heavy atom. The SMILES string of the molecule is [C-]#[N+]CCCO[C@@H]1C[C@H](C)O[C@@H]1C. The molecule has 3 heteroatoms. The van der Waals surface area contributed by atoms with Gasteiger partial charge in [-0.05, 0) is 13.8 Å². The van der Waals surface area contributed by atoms with Crippen molar-refractivity contribution in [1.29, 1.82) is 0 Å². The molecule has 0 amide bonds. The second-order valence-electron chi connectivity index (χ2n) is 3.53. The molecule has 1 rings (SSSR count). The van der Waals surface area contributed by atoms with E-state index in [1.54, 1.807) is 0 Å². The van der Waals surface area contributed by atoms with Crippen LogP contribution in [0, 0.1) is 6.57 Å². The molecule has 3 nitrogen and oxygen atoms in total. The standard InChI is InChI=1S/C10H17NO2/c1-8-7-10(9(2)13-8)12-6-4-5-11-3/h8-10H,4-7H2,1-2H3/t8-,9+,10+/m0/s1. The van der Waals surface area contributed by atoms with Crippen molar-refractivity contribution in [2.75, 3.05) is 13.2 Å². The Morgan fingerprint density at radius 1 is 1.54 bits per heavy atom. The van der Waals surface area contributed by atoms with Crippen molar-refractivity contribution in [2.24, 2.45) is 0 Å². The van der Waals surface area contributed by atoms with E-state index >= 15 is 0 Å². The van der Waals surface area contributed by atoms with Gasteiger partial charge in [-0.25, -0.2) is 6.57 Å². The zero-order valence-corrected chi connectivity index (χ0v) is 8.32. The van der Waals surface area contributed by atoms with Gasteiger partial charge in [-0.3, -0.25) is 0 Å². The largest absolute Gasteiger partial charge is 0.375 e. The highest BCUT2D eigenvalue weighted by molar-refractivity contribution is 4.78. The molecule has 1 aliphatic rings. The first kappa shape index (κ1) is 10.5. The maximum atomic E-state index is 6.61. The van der Waals surface area contributed by atoms with Crippen molar-refractivity contribution in [3.05, 3.63) is 11.4 Å². The van der Waals surface area contributed by atoms with Crippen LogP contribution >= 0.6 is 0 Å². The zero-order chi connectivity index (χ0) is 9.68. The molecule has 0 N–H and O–H groups in total. The second kappa shape index (κ2) is 5.21. The van der Waals surface area contributed by atoms with Gasteiger partial charge in [-0.2, -0.15) is 0 Å². The van der Waals surface area contributed by atoms with Crippen LogP contribution in [0.4, 0.5) is 0 Å². The van der Waals surface area contributed by atoms with Gasteiger partial charge in [0.05, 0.1) is 24.9 Å². The van der Waals surface area contributed by atoms with Crippen LogP contribution in [-0.4, -0.2) is 31.5 Å². The predicted octanol–water partition coefficient (Wildman–Crippen LogP) is 1.88. The van der Waals surface area contributed by atoms with E-state index in [0.717, 1.165) is 12.8 Å². The lowest BCUT2D eigenvalue weighted by Gasteiger charge is -2.13. The minimum atomic E-state index is 0.211. The molecular formula is C10H17NO2. The van der Waals surface area contributed by atoms with Gasteiger partial charge in [0.25, 0.3) is 0 Å². The zero-order valence-electron chi connectivity index (χ0n) is 8.32. The third-order valence-corrected chi connectivity index (χ3v) is 2.28. The first-order valence-corrected chi connectivity index (χ1v) is 4.84. The van der Waals surface area contributed by atoms with E-state index in [0.29, 0.717) is 19.3 Å². The average Bonchev–Trinajstić information content (AvgIpc) is 2.39. The van der Waals surface area contributed by atoms with Crippen molar-refractivity contribution in [2.45, 2.75) is 45.0 Å². The molecule has 0 spiro atoms. The van der Waals surface area contributed by atoms with Gasteiger partial charge >= 0.3 is 0 Å². The van der Waals surface area contributed by atoms with Crippen LogP contribution < -0.4 is 0 Å². The number of hydrogen-bond acceptors (Lipinski definition) is 2. The van der Waals surface area contributed by atoms with Crippen LogP contribution in [0.15, 0.2) is 0 Å². The molecule has 1 heterocycles. The van der Waals surface area contributed by atoms with Crippen LogP contribution in [0.2, 0.25) is 0 Å². The minimum absolute atomic E-state index is 0.211. The minimum Gasteiger partial charge on any atom is -0.375 e. The summed E-state index contributed by atoms with van der Waals surface area (Å²) in [6, 6.07) is 0. The summed E-state index contributed by atoms with van der Waals surface area (Å²) in [5.41, 5.74) is 0. The smallest absolute Gasteiger partial charge is 0.216 e. The van der Waals surface area contributed by atoms with Crippen molar-refractivity contribution >= 4 is 0 Å². The molecule has 1 fully saturated rings. The molecule has 0 aromatic rings. The molecule has 0 saturated carbocycles. The summed E-state index contributed by atoms with van der Waals surface area (Å²) in [7, 11) is 0. The third kappa shape index (κ3) is 3.33. The fourth-order valence-electron chi connectivity index (χ4n) is 1.61. The maximum absolute atomic E-state index is 6.61. The Hall–Kier alpha value is -0.590. The highest BCUT2D eigenvalue weighted by atomic mass is 16.6. The summed E-state index contributed by atoms with van der Waals surface area (Å²) in [5, 5.41) is 0. The molecule has 0 aromatic heterocycles. The summed E-state index contributed by atoms with van der Waals surface area (Å²) in [6.45, 7) is 12.0. The third-order valence-electron chi connectivity index (χ3n) is 2.28. The predicted molar refractivity (Wildman–Crippen MR) is 50.5 cm³/mol. The average molecular weight is 183 g/mol. The first-order chi connectivity index (χ1) is 6.24. The lowest BCUT2D eigenvalue weighted by molar-refractivity contribution is -0.00993. The van der Waals surface area contributed by atoms with Crippen molar-refractivity contribution in [1.82, 2.24) is 0 Å². The lowest BCUT2D eigenvalue weighted by atomic mass is 10.1. The molecule has 0 bridgehead atoms. The monoisotopic (exact) mass is 183 g/mol. The normalized spacial score (nSPS) is 33.2. The van der Waals surface area contributed by atoms with E-state index in [1.165, 1.54) is 0 Å². The molecule has 0 aliphatic carbocycles. The number of rotatable bonds is 4. The Balaban J connectivity index is 2.11. The Bertz CT molecular complexity index is 188. The summed E-state index contributed by atoms with van der Waals surface area (Å²) < 4.78 is 11.2. The van der Waals surface area contributed by atoms with Gasteiger partial charge in [0, 0.05) is 12.8 Å². The molecule has 0 radical (unpaired) electrons. The van der Waals surface area contributed by atoms with E-state index in [2.05, 4.69) is 11.8 Å². The quantitative estimate of drug-likeness (QED) is 0.490. The molecule has 1 saturated heterocycles. The van der Waals surface area contributed by atoms with Crippen LogP contribution in [0.1, 0.15) is 26.7 Å². The van der Waals surface area contributed by atoms with E-state index in [4.69, 9.17) is 16.0 Å². The van der Waals surface area contributed by atoms with Crippen LogP contribution in [0.25, 0.3) is 4.85 Å². The van der Waals surface area contributed by atoms with Gasteiger partial charge in [0.2, 0.25) is 6.54 Å². The number of nitrogens with zero attached hydrogens (tertiary/aromatic N) is 1. The highest BCUT2D eigenvalue weighted by Crippen LogP contribution is 2.22. The highest BCUT2D eigenvalue weighted by Gasteiger charge is 2.29. The summed E-state index contributed by atoms with van der Waals surface area (Å²) >= 11 is 0. The fourth-order valence-corrected chi connectivity index (χ4v) is 1.61. The molecule has 13 heavy (non-hydrogen) atoms. The van der Waals surface area contributed by atoms with Gasteiger partial charge < -0.3 is 14.3 Å². The summed E-state index contributed by atoms with van der Waals surface area (Å²) in [4.78, 5) is 3.27. The fraction of sp³-hybridized carbons (Fsp3) is 0.900. The van der Waals surface area contributed by atoms with E-state index in [9.17, 15) is 0 Å².